The lowest BCUT2D eigenvalue weighted by Crippen LogP contribution is -2.30. The van der Waals surface area contributed by atoms with E-state index in [1.165, 1.54) is 109 Å². The van der Waals surface area contributed by atoms with Crippen molar-refractivity contribution in [1.82, 2.24) is 0 Å². The average Bonchev–Trinajstić information content (AvgIpc) is 0.899. The number of esters is 3. The van der Waals surface area contributed by atoms with Crippen LogP contribution < -0.4 is 0 Å². The lowest BCUT2D eigenvalue weighted by molar-refractivity contribution is -0.161. The molecular formula is C95H160O16P2. The van der Waals surface area contributed by atoms with Gasteiger partial charge in [0, 0.05) is 19.3 Å². The summed E-state index contributed by atoms with van der Waals surface area (Å²) in [6.07, 6.45) is 111. The predicted molar refractivity (Wildman–Crippen MR) is 472 cm³/mol. The molecule has 646 valence electrons. The SMILES string of the molecule is CC/C=C\C/C=C\C/C=C\C/C=C\C/C=C\C/C=C\CCCCCCCCCCCCC(=O)OCC(O)COP(=O)(O)OCC(O)COP(=O)(O)OCC(COC(=O)CCCCCCCCCCCCCCC/C=C\C/C=C\C/C=C\C/C=C\CCCCC)OC(=O)CCCCCCCC/C=C\C/C=C\C/C=C\C/C=C\CC. The number of hydrogen-bond donors (Lipinski definition) is 4. The van der Waals surface area contributed by atoms with Gasteiger partial charge in [-0.2, -0.15) is 0 Å². The summed E-state index contributed by atoms with van der Waals surface area (Å²) >= 11 is 0. The summed E-state index contributed by atoms with van der Waals surface area (Å²) in [6, 6.07) is 0. The fourth-order valence-corrected chi connectivity index (χ4v) is 13.3. The van der Waals surface area contributed by atoms with Crippen LogP contribution in [0.15, 0.2) is 170 Å². The van der Waals surface area contributed by atoms with Crippen LogP contribution in [0.5, 0.6) is 0 Å². The second-order valence-corrected chi connectivity index (χ2v) is 32.2. The topological polar surface area (TPSA) is 231 Å². The number of aliphatic hydroxyl groups excluding tert-OH is 2. The maximum absolute atomic E-state index is 13.0. The van der Waals surface area contributed by atoms with Crippen LogP contribution in [0.4, 0.5) is 0 Å². The first-order chi connectivity index (χ1) is 55.2. The van der Waals surface area contributed by atoms with Gasteiger partial charge in [0.05, 0.1) is 26.4 Å². The molecule has 0 aromatic carbocycles. The van der Waals surface area contributed by atoms with Gasteiger partial charge in [-0.25, -0.2) is 9.13 Å². The van der Waals surface area contributed by atoms with Gasteiger partial charge in [-0.3, -0.25) is 32.5 Å². The van der Waals surface area contributed by atoms with Crippen molar-refractivity contribution in [3.8, 4) is 0 Å². The quantitative estimate of drug-likeness (QED) is 0.0146. The van der Waals surface area contributed by atoms with Gasteiger partial charge in [0.15, 0.2) is 6.10 Å². The highest BCUT2D eigenvalue weighted by atomic mass is 31.2. The van der Waals surface area contributed by atoms with Crippen molar-refractivity contribution in [3.63, 3.8) is 0 Å². The summed E-state index contributed by atoms with van der Waals surface area (Å²) in [7, 11) is -9.82. The van der Waals surface area contributed by atoms with Crippen LogP contribution in [0, 0.1) is 0 Å². The van der Waals surface area contributed by atoms with Crippen LogP contribution in [-0.2, 0) is 55.8 Å². The molecule has 0 rings (SSSR count). The molecule has 4 N–H and O–H groups in total. The predicted octanol–water partition coefficient (Wildman–Crippen LogP) is 27.1. The maximum Gasteiger partial charge on any atom is 0.472 e. The number of carbonyl (C=O) groups is 3. The smallest absolute Gasteiger partial charge is 0.463 e. The van der Waals surface area contributed by atoms with Gasteiger partial charge in [-0.1, -0.05) is 351 Å². The van der Waals surface area contributed by atoms with Crippen LogP contribution >= 0.6 is 15.6 Å². The lowest BCUT2D eigenvalue weighted by Gasteiger charge is -2.21. The molecule has 0 heterocycles. The standard InChI is InChI=1S/C95H160O16P2/c1-4-7-10-13-16-19-22-25-28-31-34-36-38-40-42-44-46-48-50-52-55-57-60-63-66-69-72-75-78-81-93(98)105-84-90(96)85-107-112(101,102)108-86-91(97)87-109-113(103,104)110-89-92(111-95(100)83-80-77-74-71-68-65-62-59-54-33-30-27-24-21-18-15-12-9-6-3)88-106-94(99)82-79-76-73-70-67-64-61-58-56-53-51-49-47-45-43-41-39-37-35-32-29-26-23-20-17-14-11-8-5-2/h7,9-10,12,16-21,25-30,34-37,40-43,46,48,54,59,90-92,96-97H,4-6,8,11,13-15,22-24,31-33,38-39,44-45,47,49-53,55-58,60-89H2,1-3H3,(H,101,102)(H,103,104)/b10-7-,12-9-,19-16-,20-17-,21-18-,28-25-,29-26-,30-27-,36-34-,37-35-,42-40-,43-41-,48-46-,59-54-. The van der Waals surface area contributed by atoms with E-state index in [0.29, 0.717) is 19.3 Å². The van der Waals surface area contributed by atoms with Crippen LogP contribution in [0.3, 0.4) is 0 Å². The average molecular weight is 1620 g/mol. The molecule has 0 aromatic heterocycles. The van der Waals surface area contributed by atoms with Crippen molar-refractivity contribution in [2.45, 2.75) is 373 Å². The van der Waals surface area contributed by atoms with E-state index in [0.717, 1.165) is 186 Å². The Kier molecular flexibility index (Phi) is 82.4. The molecule has 5 unspecified atom stereocenters. The van der Waals surface area contributed by atoms with Gasteiger partial charge < -0.3 is 34.2 Å². The molecule has 0 amide bonds. The van der Waals surface area contributed by atoms with Crippen LogP contribution in [0.2, 0.25) is 0 Å². The molecule has 0 bridgehead atoms. The van der Waals surface area contributed by atoms with Gasteiger partial charge in [-0.15, -0.1) is 0 Å². The largest absolute Gasteiger partial charge is 0.472 e. The molecule has 0 radical (unpaired) electrons. The van der Waals surface area contributed by atoms with E-state index in [1.54, 1.807) is 0 Å². The molecular weight excluding hydrogens is 1460 g/mol. The second kappa shape index (κ2) is 86.3. The maximum atomic E-state index is 13.0. The Labute approximate surface area is 688 Å². The normalized spacial score (nSPS) is 14.6. The summed E-state index contributed by atoms with van der Waals surface area (Å²) < 4.78 is 61.4. The molecule has 0 aliphatic rings. The summed E-state index contributed by atoms with van der Waals surface area (Å²) in [5, 5.41) is 20.7. The van der Waals surface area contributed by atoms with Gasteiger partial charge in [0.1, 0.15) is 25.4 Å². The zero-order valence-electron chi connectivity index (χ0n) is 71.0. The van der Waals surface area contributed by atoms with E-state index >= 15 is 0 Å². The van der Waals surface area contributed by atoms with Gasteiger partial charge in [0.25, 0.3) is 0 Å². The minimum atomic E-state index is -4.95. The number of phosphoric acid groups is 2. The fraction of sp³-hybridized carbons (Fsp3) is 0.674. The summed E-state index contributed by atoms with van der Waals surface area (Å²) in [4.78, 5) is 58.9. The monoisotopic (exact) mass is 1620 g/mol. The van der Waals surface area contributed by atoms with Crippen LogP contribution in [0.25, 0.3) is 0 Å². The molecule has 0 saturated heterocycles. The van der Waals surface area contributed by atoms with Crippen LogP contribution in [0.1, 0.15) is 355 Å². The number of phosphoric ester groups is 2. The number of aliphatic hydroxyl groups is 2. The Morgan fingerprint density at radius 3 is 0.743 bits per heavy atom. The zero-order valence-corrected chi connectivity index (χ0v) is 72.8. The Bertz CT molecular complexity index is 2730. The molecule has 113 heavy (non-hydrogen) atoms. The fourth-order valence-electron chi connectivity index (χ4n) is 11.7. The van der Waals surface area contributed by atoms with Gasteiger partial charge in [0.2, 0.25) is 0 Å². The third-order valence-corrected chi connectivity index (χ3v) is 20.3. The number of carbonyl (C=O) groups excluding carboxylic acids is 3. The second-order valence-electron chi connectivity index (χ2n) is 29.3. The van der Waals surface area contributed by atoms with E-state index in [2.05, 4.69) is 191 Å². The first-order valence-corrected chi connectivity index (χ1v) is 47.4. The Hall–Kier alpha value is -5.09. The molecule has 0 spiro atoms. The van der Waals surface area contributed by atoms with E-state index in [1.807, 2.05) is 0 Å². The number of allylic oxidation sites excluding steroid dienone is 28. The number of rotatable bonds is 83. The van der Waals surface area contributed by atoms with Gasteiger partial charge in [-0.05, 0) is 154 Å². The van der Waals surface area contributed by atoms with Crippen molar-refractivity contribution >= 4 is 33.6 Å². The van der Waals surface area contributed by atoms with E-state index in [9.17, 15) is 43.5 Å². The molecule has 0 aromatic rings. The summed E-state index contributed by atoms with van der Waals surface area (Å²) in [5.41, 5.74) is 0. The summed E-state index contributed by atoms with van der Waals surface area (Å²) in [6.45, 7) is 2.43. The van der Waals surface area contributed by atoms with Crippen molar-refractivity contribution in [3.05, 3.63) is 170 Å². The molecule has 0 aliphatic carbocycles. The number of hydrogen-bond acceptors (Lipinski definition) is 14. The zero-order chi connectivity index (χ0) is 82.2. The van der Waals surface area contributed by atoms with Crippen molar-refractivity contribution < 1.29 is 75.8 Å². The molecule has 0 saturated carbocycles. The highest BCUT2D eigenvalue weighted by molar-refractivity contribution is 7.47. The Morgan fingerprint density at radius 2 is 0.469 bits per heavy atom. The molecule has 18 heteroatoms. The molecule has 0 aliphatic heterocycles. The number of ether oxygens (including phenoxy) is 3. The van der Waals surface area contributed by atoms with Crippen molar-refractivity contribution in [1.29, 1.82) is 0 Å². The Morgan fingerprint density at radius 1 is 0.257 bits per heavy atom. The highest BCUT2D eigenvalue weighted by Crippen LogP contribution is 2.45. The number of unbranched alkanes of at least 4 members (excludes halogenated alkanes) is 32. The minimum absolute atomic E-state index is 0.0841. The Balaban J connectivity index is 4.61. The van der Waals surface area contributed by atoms with Crippen LogP contribution in [-0.4, -0.2) is 95.9 Å². The van der Waals surface area contributed by atoms with Gasteiger partial charge >= 0.3 is 33.6 Å². The first kappa shape index (κ1) is 108. The molecule has 0 fully saturated rings. The lowest BCUT2D eigenvalue weighted by atomic mass is 10.0. The molecule has 16 nitrogen and oxygen atoms in total. The molecule has 5 atom stereocenters. The first-order valence-electron chi connectivity index (χ1n) is 44.4. The van der Waals surface area contributed by atoms with E-state index in [-0.39, 0.29) is 19.3 Å². The van der Waals surface area contributed by atoms with E-state index in [4.69, 9.17) is 32.3 Å². The highest BCUT2D eigenvalue weighted by Gasteiger charge is 2.29. The third-order valence-electron chi connectivity index (χ3n) is 18.4. The van der Waals surface area contributed by atoms with E-state index < -0.39 is 91.5 Å². The third kappa shape index (κ3) is 87.6. The minimum Gasteiger partial charge on any atom is -0.463 e. The summed E-state index contributed by atoms with van der Waals surface area (Å²) in [5.74, 6) is -1.59. The van der Waals surface area contributed by atoms with Crippen molar-refractivity contribution in [2.24, 2.45) is 0 Å². The van der Waals surface area contributed by atoms with Crippen molar-refractivity contribution in [2.75, 3.05) is 39.6 Å².